The van der Waals surface area contributed by atoms with Gasteiger partial charge in [0.15, 0.2) is 23.2 Å². The van der Waals surface area contributed by atoms with E-state index in [2.05, 4.69) is 59.4 Å². The summed E-state index contributed by atoms with van der Waals surface area (Å²) < 4.78 is 6.50. The monoisotopic (exact) mass is 588 g/mol. The molecule has 9 rings (SSSR count). The Bertz CT molecular complexity index is 2300. The summed E-state index contributed by atoms with van der Waals surface area (Å²) in [5.74, 6) is 3.38. The predicted octanol–water partition coefficient (Wildman–Crippen LogP) is 9.89. The van der Waals surface area contributed by atoms with Gasteiger partial charge in [-0.25, -0.2) is 19.8 Å². The Hall–Kier alpha value is -6.38. The zero-order valence-electron chi connectivity index (χ0n) is 24.6. The number of nitrogens with zero attached hydrogens (tertiary/aromatic N) is 4. The topological polar surface area (TPSA) is 52.3 Å². The van der Waals surface area contributed by atoms with Crippen LogP contribution in [-0.4, -0.2) is 15.0 Å². The third kappa shape index (κ3) is 3.77. The fraction of sp³-hybridized carbons (Fsp3) is 0.0244. The molecule has 1 aliphatic heterocycles. The quantitative estimate of drug-likeness (QED) is 0.193. The maximum absolute atomic E-state index is 7.85. The van der Waals surface area contributed by atoms with Crippen LogP contribution in [-0.2, 0) is 5.41 Å². The Kier molecular flexibility index (Phi) is 5.71. The van der Waals surface area contributed by atoms with Gasteiger partial charge in [0.1, 0.15) is 11.5 Å². The molecule has 46 heavy (non-hydrogen) atoms. The first-order valence-electron chi connectivity index (χ1n) is 15.1. The smallest absolute Gasteiger partial charge is 0.187 e. The second-order valence-corrected chi connectivity index (χ2v) is 11.5. The SMILES string of the molecule is [C-]#[N+]c1ccc2c(c1)C1(c3ccccc3O2)c2ccccc2-c2ccc(-c3nc(-c4ccccc4)nc(-c4ccccc4)n3)cc21. The van der Waals surface area contributed by atoms with Crippen LogP contribution in [0.5, 0.6) is 11.5 Å². The number of aromatic nitrogens is 3. The average molecular weight is 589 g/mol. The Morgan fingerprint density at radius 1 is 0.457 bits per heavy atom. The minimum atomic E-state index is -0.704. The van der Waals surface area contributed by atoms with Crippen molar-refractivity contribution < 1.29 is 4.74 Å². The van der Waals surface area contributed by atoms with E-state index in [0.29, 0.717) is 23.2 Å². The molecular weight excluding hydrogens is 564 g/mol. The van der Waals surface area contributed by atoms with Crippen molar-refractivity contribution in [3.63, 3.8) is 0 Å². The summed E-state index contributed by atoms with van der Waals surface area (Å²) in [7, 11) is 0. The summed E-state index contributed by atoms with van der Waals surface area (Å²) >= 11 is 0. The van der Waals surface area contributed by atoms with E-state index in [-0.39, 0.29) is 0 Å². The molecule has 5 heteroatoms. The molecule has 0 bridgehead atoms. The molecule has 1 aliphatic carbocycles. The molecule has 1 spiro atoms. The van der Waals surface area contributed by atoms with Crippen LogP contribution < -0.4 is 4.74 Å². The molecule has 1 aromatic heterocycles. The van der Waals surface area contributed by atoms with E-state index >= 15 is 0 Å². The molecule has 1 atom stereocenters. The highest BCUT2D eigenvalue weighted by Crippen LogP contribution is 2.62. The number of para-hydroxylation sites is 1. The molecule has 0 saturated heterocycles. The van der Waals surface area contributed by atoms with Crippen LogP contribution in [0.15, 0.2) is 146 Å². The molecule has 6 aromatic carbocycles. The van der Waals surface area contributed by atoms with Crippen LogP contribution >= 0.6 is 0 Å². The molecule has 0 N–H and O–H groups in total. The number of benzene rings is 6. The van der Waals surface area contributed by atoms with E-state index in [1.54, 1.807) is 0 Å². The van der Waals surface area contributed by atoms with Crippen molar-refractivity contribution in [1.82, 2.24) is 15.0 Å². The van der Waals surface area contributed by atoms with Gasteiger partial charge >= 0.3 is 0 Å². The maximum atomic E-state index is 7.85. The van der Waals surface area contributed by atoms with Crippen LogP contribution in [0.1, 0.15) is 22.3 Å². The standard InChI is InChI=1S/C41H24N4O/c1-42-29-21-23-37-35(25-29)41(33-18-10-11-19-36(33)46-37)32-17-9-8-16-30(32)31-22-20-28(24-34(31)41)40-44-38(26-12-4-2-5-13-26)43-39(45-40)27-14-6-3-7-15-27/h2-25H. The average Bonchev–Trinajstić information content (AvgIpc) is 3.42. The van der Waals surface area contributed by atoms with Gasteiger partial charge in [-0.2, -0.15) is 0 Å². The summed E-state index contributed by atoms with van der Waals surface area (Å²) in [6.07, 6.45) is 0. The largest absolute Gasteiger partial charge is 0.457 e. The molecule has 214 valence electrons. The number of hydrogen-bond acceptors (Lipinski definition) is 4. The van der Waals surface area contributed by atoms with Crippen LogP contribution in [0.2, 0.25) is 0 Å². The molecule has 2 aliphatic rings. The molecule has 0 saturated carbocycles. The Balaban J connectivity index is 1.34. The van der Waals surface area contributed by atoms with Crippen molar-refractivity contribution in [2.75, 3.05) is 0 Å². The second-order valence-electron chi connectivity index (χ2n) is 11.5. The van der Waals surface area contributed by atoms with Crippen molar-refractivity contribution in [2.24, 2.45) is 0 Å². The minimum absolute atomic E-state index is 0.570. The van der Waals surface area contributed by atoms with Gasteiger partial charge in [-0.15, -0.1) is 0 Å². The van der Waals surface area contributed by atoms with Crippen molar-refractivity contribution in [2.45, 2.75) is 5.41 Å². The number of fused-ring (bicyclic) bond motifs is 9. The van der Waals surface area contributed by atoms with E-state index < -0.39 is 5.41 Å². The van der Waals surface area contributed by atoms with E-state index in [9.17, 15) is 0 Å². The molecule has 0 amide bonds. The highest BCUT2D eigenvalue weighted by molar-refractivity contribution is 5.90. The van der Waals surface area contributed by atoms with Crippen molar-refractivity contribution in [1.29, 1.82) is 0 Å². The van der Waals surface area contributed by atoms with Gasteiger partial charge in [0.2, 0.25) is 0 Å². The van der Waals surface area contributed by atoms with Gasteiger partial charge in [0.25, 0.3) is 0 Å². The Labute approximate surface area is 266 Å². The maximum Gasteiger partial charge on any atom is 0.187 e. The first-order valence-corrected chi connectivity index (χ1v) is 15.1. The lowest BCUT2D eigenvalue weighted by molar-refractivity contribution is 0.436. The van der Waals surface area contributed by atoms with Crippen LogP contribution in [0, 0.1) is 6.57 Å². The molecule has 1 unspecified atom stereocenters. The lowest BCUT2D eigenvalue weighted by atomic mass is 9.66. The third-order valence-electron chi connectivity index (χ3n) is 9.01. The fourth-order valence-corrected chi connectivity index (χ4v) is 7.04. The van der Waals surface area contributed by atoms with Gasteiger partial charge < -0.3 is 4.74 Å². The molecule has 7 aromatic rings. The van der Waals surface area contributed by atoms with Crippen LogP contribution in [0.3, 0.4) is 0 Å². The summed E-state index contributed by atoms with van der Waals surface area (Å²) in [6, 6.07) is 49.1. The first kappa shape index (κ1) is 26.1. The van der Waals surface area contributed by atoms with Crippen molar-refractivity contribution in [3.8, 4) is 56.8 Å². The van der Waals surface area contributed by atoms with Crippen LogP contribution in [0.4, 0.5) is 5.69 Å². The molecule has 0 fully saturated rings. The van der Waals surface area contributed by atoms with Crippen molar-refractivity contribution >= 4 is 5.69 Å². The summed E-state index contributed by atoms with van der Waals surface area (Å²) in [6.45, 7) is 7.85. The minimum Gasteiger partial charge on any atom is -0.457 e. The highest BCUT2D eigenvalue weighted by Gasteiger charge is 2.51. The highest BCUT2D eigenvalue weighted by atomic mass is 16.5. The van der Waals surface area contributed by atoms with Gasteiger partial charge in [-0.3, -0.25) is 0 Å². The van der Waals surface area contributed by atoms with Gasteiger partial charge in [0.05, 0.1) is 12.0 Å². The molecule has 0 radical (unpaired) electrons. The van der Waals surface area contributed by atoms with E-state index in [4.69, 9.17) is 26.3 Å². The third-order valence-corrected chi connectivity index (χ3v) is 9.01. The predicted molar refractivity (Wildman–Crippen MR) is 180 cm³/mol. The normalized spacial score (nSPS) is 15.2. The molecular formula is C41H24N4O. The molecule has 2 heterocycles. The zero-order chi connectivity index (χ0) is 30.7. The second kappa shape index (κ2) is 10.1. The Morgan fingerprint density at radius 2 is 1.02 bits per heavy atom. The van der Waals surface area contributed by atoms with Gasteiger partial charge in [-0.05, 0) is 46.5 Å². The summed E-state index contributed by atoms with van der Waals surface area (Å²) in [5.41, 5.74) is 9.15. The lowest BCUT2D eigenvalue weighted by Crippen LogP contribution is -2.32. The first-order chi connectivity index (χ1) is 22.7. The van der Waals surface area contributed by atoms with Crippen molar-refractivity contribution in [3.05, 3.63) is 179 Å². The number of hydrogen-bond donors (Lipinski definition) is 0. The summed E-state index contributed by atoms with van der Waals surface area (Å²) in [5, 5.41) is 0. The zero-order valence-corrected chi connectivity index (χ0v) is 24.6. The van der Waals surface area contributed by atoms with E-state index in [1.165, 1.54) is 0 Å². The van der Waals surface area contributed by atoms with Crippen LogP contribution in [0.25, 0.3) is 50.1 Å². The summed E-state index contributed by atoms with van der Waals surface area (Å²) in [4.78, 5) is 18.8. The van der Waals surface area contributed by atoms with E-state index in [1.807, 2.05) is 91.0 Å². The number of rotatable bonds is 3. The Morgan fingerprint density at radius 3 is 1.72 bits per heavy atom. The van der Waals surface area contributed by atoms with E-state index in [0.717, 1.165) is 61.6 Å². The van der Waals surface area contributed by atoms with Gasteiger partial charge in [-0.1, -0.05) is 121 Å². The number of ether oxygens (including phenoxy) is 1. The lowest BCUT2D eigenvalue weighted by Gasteiger charge is -2.39. The fourth-order valence-electron chi connectivity index (χ4n) is 7.04. The van der Waals surface area contributed by atoms with Gasteiger partial charge in [0, 0.05) is 27.8 Å². The molecule has 5 nitrogen and oxygen atoms in total.